The molecule has 23 heavy (non-hydrogen) atoms. The Bertz CT molecular complexity index is 582. The number of likely N-dealkylation sites (tertiary alicyclic amines) is 1. The number of halogens is 2. The van der Waals surface area contributed by atoms with Crippen LogP contribution in [0, 0.1) is 5.82 Å². The molecular formula is C16H20ClFN2O3. The molecule has 1 heterocycles. The minimum absolute atomic E-state index is 0.0477. The molecule has 0 bridgehead atoms. The van der Waals surface area contributed by atoms with Crippen LogP contribution >= 0.6 is 11.6 Å². The summed E-state index contributed by atoms with van der Waals surface area (Å²) in [5, 5.41) is 2.93. The van der Waals surface area contributed by atoms with Crippen LogP contribution in [0.1, 0.15) is 24.8 Å². The zero-order chi connectivity index (χ0) is 16.8. The van der Waals surface area contributed by atoms with Gasteiger partial charge < -0.3 is 15.0 Å². The van der Waals surface area contributed by atoms with Crippen LogP contribution in [-0.2, 0) is 20.9 Å². The molecule has 2 amide bonds. The largest absolute Gasteiger partial charge is 0.372 e. The summed E-state index contributed by atoms with van der Waals surface area (Å²) < 4.78 is 18.8. The summed E-state index contributed by atoms with van der Waals surface area (Å²) in [5.74, 6) is -0.967. The first-order valence-corrected chi connectivity index (χ1v) is 7.91. The topological polar surface area (TPSA) is 58.6 Å². The van der Waals surface area contributed by atoms with E-state index in [2.05, 4.69) is 5.32 Å². The van der Waals surface area contributed by atoms with Crippen LogP contribution in [-0.4, -0.2) is 43.0 Å². The minimum Gasteiger partial charge on any atom is -0.372 e. The van der Waals surface area contributed by atoms with Crippen LogP contribution in [0.4, 0.5) is 4.39 Å². The number of nitrogens with one attached hydrogen (secondary N) is 1. The molecule has 1 aliphatic heterocycles. The van der Waals surface area contributed by atoms with Gasteiger partial charge in [-0.3, -0.25) is 9.59 Å². The number of carbonyl (C=O) groups excluding carboxylic acids is 2. The number of benzene rings is 1. The van der Waals surface area contributed by atoms with E-state index in [1.165, 1.54) is 24.1 Å². The highest BCUT2D eigenvalue weighted by Crippen LogP contribution is 2.15. The number of nitrogens with zero attached hydrogens (tertiary/aromatic N) is 1. The van der Waals surface area contributed by atoms with E-state index in [1.54, 1.807) is 6.07 Å². The van der Waals surface area contributed by atoms with Gasteiger partial charge in [0.2, 0.25) is 5.91 Å². The standard InChI is InChI=1S/C16H20ClFN2O3/c1-23-14-4-2-3-7-20(16(14)22)10-15(21)19-9-11-5-6-12(17)8-13(11)18/h5-6,8,14H,2-4,7,9-10H2,1H3,(H,19,21). The molecule has 5 nitrogen and oxygen atoms in total. The molecule has 2 rings (SSSR count). The van der Waals surface area contributed by atoms with E-state index in [0.29, 0.717) is 23.6 Å². The van der Waals surface area contributed by atoms with Crippen molar-refractivity contribution in [2.24, 2.45) is 0 Å². The van der Waals surface area contributed by atoms with Crippen molar-refractivity contribution in [1.82, 2.24) is 10.2 Å². The first kappa shape index (κ1) is 17.7. The molecule has 1 aliphatic rings. The molecule has 126 valence electrons. The lowest BCUT2D eigenvalue weighted by molar-refractivity contribution is -0.144. The van der Waals surface area contributed by atoms with Crippen molar-refractivity contribution in [1.29, 1.82) is 0 Å². The molecule has 1 atom stereocenters. The molecule has 1 unspecified atom stereocenters. The van der Waals surface area contributed by atoms with E-state index >= 15 is 0 Å². The number of ether oxygens (including phenoxy) is 1. The highest BCUT2D eigenvalue weighted by molar-refractivity contribution is 6.30. The average Bonchev–Trinajstić information content (AvgIpc) is 2.68. The quantitative estimate of drug-likeness (QED) is 0.891. The maximum Gasteiger partial charge on any atom is 0.252 e. The van der Waals surface area contributed by atoms with Gasteiger partial charge in [0.15, 0.2) is 0 Å². The predicted molar refractivity (Wildman–Crippen MR) is 84.5 cm³/mol. The highest BCUT2D eigenvalue weighted by atomic mass is 35.5. The van der Waals surface area contributed by atoms with Gasteiger partial charge in [0, 0.05) is 30.8 Å². The summed E-state index contributed by atoms with van der Waals surface area (Å²) in [5.41, 5.74) is 0.347. The fourth-order valence-electron chi connectivity index (χ4n) is 2.53. The Hall–Kier alpha value is -1.66. The monoisotopic (exact) mass is 342 g/mol. The summed E-state index contributed by atoms with van der Waals surface area (Å²) in [7, 11) is 1.50. The van der Waals surface area contributed by atoms with Crippen molar-refractivity contribution in [3.8, 4) is 0 Å². The van der Waals surface area contributed by atoms with Gasteiger partial charge in [0.1, 0.15) is 11.9 Å². The maximum absolute atomic E-state index is 13.7. The van der Waals surface area contributed by atoms with Crippen molar-refractivity contribution in [2.45, 2.75) is 31.9 Å². The third kappa shape index (κ3) is 4.91. The van der Waals surface area contributed by atoms with Gasteiger partial charge in [0.25, 0.3) is 5.91 Å². The minimum atomic E-state index is -0.487. The molecule has 1 aromatic carbocycles. The number of carbonyl (C=O) groups is 2. The van der Waals surface area contributed by atoms with Crippen molar-refractivity contribution >= 4 is 23.4 Å². The average molecular weight is 343 g/mol. The Labute approximate surface area is 139 Å². The Morgan fingerprint density at radius 2 is 2.26 bits per heavy atom. The van der Waals surface area contributed by atoms with Gasteiger partial charge in [-0.25, -0.2) is 4.39 Å². The van der Waals surface area contributed by atoms with E-state index < -0.39 is 11.9 Å². The van der Waals surface area contributed by atoms with Gasteiger partial charge in [0.05, 0.1) is 6.54 Å². The predicted octanol–water partition coefficient (Wildman–Crippen LogP) is 2.12. The molecule has 0 radical (unpaired) electrons. The third-order valence-electron chi connectivity index (χ3n) is 3.84. The summed E-state index contributed by atoms with van der Waals surface area (Å²) in [4.78, 5) is 25.7. The Morgan fingerprint density at radius 3 is 2.96 bits per heavy atom. The summed E-state index contributed by atoms with van der Waals surface area (Å²) in [6.07, 6.45) is 1.91. The van der Waals surface area contributed by atoms with Crippen LogP contribution in [0.2, 0.25) is 5.02 Å². The Kier molecular flexibility index (Phi) is 6.36. The van der Waals surface area contributed by atoms with Gasteiger partial charge in [-0.15, -0.1) is 0 Å². The molecule has 1 saturated heterocycles. The van der Waals surface area contributed by atoms with E-state index in [1.807, 2.05) is 0 Å². The second-order valence-electron chi connectivity index (χ2n) is 5.49. The third-order valence-corrected chi connectivity index (χ3v) is 4.08. The molecule has 0 spiro atoms. The molecule has 1 fully saturated rings. The summed E-state index contributed by atoms with van der Waals surface area (Å²) in [6, 6.07) is 4.29. The van der Waals surface area contributed by atoms with E-state index in [-0.39, 0.29) is 24.9 Å². The second kappa shape index (κ2) is 8.26. The Balaban J connectivity index is 1.89. The second-order valence-corrected chi connectivity index (χ2v) is 5.93. The van der Waals surface area contributed by atoms with Crippen molar-refractivity contribution in [3.05, 3.63) is 34.6 Å². The highest BCUT2D eigenvalue weighted by Gasteiger charge is 2.27. The van der Waals surface area contributed by atoms with Crippen molar-refractivity contribution < 1.29 is 18.7 Å². The van der Waals surface area contributed by atoms with Gasteiger partial charge in [-0.05, 0) is 31.4 Å². The lowest BCUT2D eigenvalue weighted by atomic mass is 10.2. The molecule has 7 heteroatoms. The molecule has 0 saturated carbocycles. The number of hydrogen-bond acceptors (Lipinski definition) is 3. The zero-order valence-electron chi connectivity index (χ0n) is 13.0. The van der Waals surface area contributed by atoms with Crippen LogP contribution in [0.25, 0.3) is 0 Å². The number of methoxy groups -OCH3 is 1. The lowest BCUT2D eigenvalue weighted by Crippen LogP contribution is -2.44. The fourth-order valence-corrected chi connectivity index (χ4v) is 2.69. The summed E-state index contributed by atoms with van der Waals surface area (Å²) >= 11 is 5.68. The zero-order valence-corrected chi connectivity index (χ0v) is 13.7. The summed E-state index contributed by atoms with van der Waals surface area (Å²) in [6.45, 7) is 0.535. The van der Waals surface area contributed by atoms with E-state index in [4.69, 9.17) is 16.3 Å². The molecular weight excluding hydrogens is 323 g/mol. The Morgan fingerprint density at radius 1 is 1.48 bits per heavy atom. The fraction of sp³-hybridized carbons (Fsp3) is 0.500. The molecule has 1 N–H and O–H groups in total. The number of rotatable bonds is 5. The first-order chi connectivity index (χ1) is 11.0. The lowest BCUT2D eigenvalue weighted by Gasteiger charge is -2.23. The SMILES string of the molecule is COC1CCCCN(CC(=O)NCc2ccc(Cl)cc2F)C1=O. The van der Waals surface area contributed by atoms with Crippen LogP contribution in [0.5, 0.6) is 0 Å². The van der Waals surface area contributed by atoms with Crippen molar-refractivity contribution in [3.63, 3.8) is 0 Å². The molecule has 0 aromatic heterocycles. The number of amides is 2. The van der Waals surface area contributed by atoms with Crippen LogP contribution in [0.15, 0.2) is 18.2 Å². The first-order valence-electron chi connectivity index (χ1n) is 7.53. The van der Waals surface area contributed by atoms with Crippen LogP contribution < -0.4 is 5.32 Å². The normalized spacial score (nSPS) is 18.7. The maximum atomic E-state index is 13.7. The van der Waals surface area contributed by atoms with Gasteiger partial charge >= 0.3 is 0 Å². The smallest absolute Gasteiger partial charge is 0.252 e. The number of hydrogen-bond donors (Lipinski definition) is 1. The van der Waals surface area contributed by atoms with E-state index in [0.717, 1.165) is 12.8 Å². The van der Waals surface area contributed by atoms with Crippen molar-refractivity contribution in [2.75, 3.05) is 20.2 Å². The van der Waals surface area contributed by atoms with Crippen LogP contribution in [0.3, 0.4) is 0 Å². The van der Waals surface area contributed by atoms with Gasteiger partial charge in [-0.1, -0.05) is 17.7 Å². The van der Waals surface area contributed by atoms with E-state index in [9.17, 15) is 14.0 Å². The molecule has 1 aromatic rings. The molecule has 0 aliphatic carbocycles. The van der Waals surface area contributed by atoms with Gasteiger partial charge in [-0.2, -0.15) is 0 Å².